The van der Waals surface area contributed by atoms with Crippen LogP contribution in [0.25, 0.3) is 33.7 Å². The Balaban J connectivity index is 1.46. The average Bonchev–Trinajstić information content (AvgIpc) is 3.47. The zero-order valence-electron chi connectivity index (χ0n) is 16.4. The Kier molecular flexibility index (Phi) is 5.05. The van der Waals surface area contributed by atoms with Gasteiger partial charge in [0.1, 0.15) is 21.8 Å². The minimum Gasteiger partial charge on any atom is -0.494 e. The largest absolute Gasteiger partial charge is 0.494 e. The summed E-state index contributed by atoms with van der Waals surface area (Å²) in [5.41, 5.74) is 1.51. The van der Waals surface area contributed by atoms with Crippen LogP contribution in [-0.2, 0) is 0 Å². The molecule has 0 spiro atoms. The Labute approximate surface area is 186 Å². The molecular weight excluding hydrogens is 434 g/mol. The second kappa shape index (κ2) is 8.02. The van der Waals surface area contributed by atoms with E-state index >= 15 is 0 Å². The van der Waals surface area contributed by atoms with Gasteiger partial charge in [-0.25, -0.2) is 0 Å². The zero-order valence-corrected chi connectivity index (χ0v) is 18.0. The second-order valence-electron chi connectivity index (χ2n) is 6.71. The number of halogens is 1. The predicted octanol–water partition coefficient (Wildman–Crippen LogP) is 4.68. The number of hydrogen-bond donors (Lipinski definition) is 0. The molecule has 2 aromatic carbocycles. The highest BCUT2D eigenvalue weighted by atomic mass is 35.5. The van der Waals surface area contributed by atoms with Gasteiger partial charge in [-0.05, 0) is 67.6 Å². The summed E-state index contributed by atoms with van der Waals surface area (Å²) in [5, 5.41) is 5.05. The minimum atomic E-state index is -0.228. The fourth-order valence-corrected chi connectivity index (χ4v) is 4.17. The maximum absolute atomic E-state index is 12.8. The standard InChI is InChI=1S/C23H16ClN3O3S/c1-2-29-17-9-5-15(6-10-17)21-25-23-27(26-21)22(28)20(31-23)13-18-11-12-19(30-18)14-3-7-16(24)8-4-14/h3-13H,2H2,1H3/b20-13-. The Morgan fingerprint density at radius 2 is 1.81 bits per heavy atom. The van der Waals surface area contributed by atoms with Crippen LogP contribution >= 0.6 is 22.9 Å². The van der Waals surface area contributed by atoms with Crippen molar-refractivity contribution < 1.29 is 9.15 Å². The van der Waals surface area contributed by atoms with E-state index in [0.717, 1.165) is 16.9 Å². The molecule has 0 atom stereocenters. The molecule has 5 aromatic rings. The summed E-state index contributed by atoms with van der Waals surface area (Å²) in [6.45, 7) is 2.54. The number of hydrogen-bond acceptors (Lipinski definition) is 6. The topological polar surface area (TPSA) is 69.6 Å². The molecule has 8 heteroatoms. The Morgan fingerprint density at radius 1 is 1.06 bits per heavy atom. The first kappa shape index (κ1) is 19.5. The van der Waals surface area contributed by atoms with Gasteiger partial charge in [-0.1, -0.05) is 22.9 Å². The molecule has 3 aromatic heterocycles. The summed E-state index contributed by atoms with van der Waals surface area (Å²) in [4.78, 5) is 17.8. The van der Waals surface area contributed by atoms with Gasteiger partial charge < -0.3 is 9.15 Å². The molecule has 0 fully saturated rings. The molecule has 0 aliphatic rings. The highest BCUT2D eigenvalue weighted by Gasteiger charge is 2.13. The van der Waals surface area contributed by atoms with Crippen LogP contribution in [0.15, 0.2) is 69.9 Å². The smallest absolute Gasteiger partial charge is 0.291 e. The van der Waals surface area contributed by atoms with Gasteiger partial charge >= 0.3 is 0 Å². The van der Waals surface area contributed by atoms with Gasteiger partial charge in [-0.15, -0.1) is 5.10 Å². The van der Waals surface area contributed by atoms with Crippen molar-refractivity contribution in [3.05, 3.63) is 86.3 Å². The molecule has 0 amide bonds. The lowest BCUT2D eigenvalue weighted by Gasteiger charge is -2.02. The van der Waals surface area contributed by atoms with Crippen LogP contribution in [0.3, 0.4) is 0 Å². The van der Waals surface area contributed by atoms with E-state index in [1.54, 1.807) is 18.2 Å². The van der Waals surface area contributed by atoms with Crippen LogP contribution in [0.1, 0.15) is 12.7 Å². The quantitative estimate of drug-likeness (QED) is 0.389. The molecule has 0 radical (unpaired) electrons. The van der Waals surface area contributed by atoms with E-state index in [9.17, 15) is 4.79 Å². The van der Waals surface area contributed by atoms with Gasteiger partial charge in [0, 0.05) is 22.2 Å². The van der Waals surface area contributed by atoms with Gasteiger partial charge in [0.15, 0.2) is 5.82 Å². The van der Waals surface area contributed by atoms with Crippen LogP contribution in [0.4, 0.5) is 0 Å². The average molecular weight is 450 g/mol. The lowest BCUT2D eigenvalue weighted by Crippen LogP contribution is -2.23. The maximum atomic E-state index is 12.8. The molecular formula is C23H16ClN3O3S. The number of thiazole rings is 1. The fourth-order valence-electron chi connectivity index (χ4n) is 3.15. The van der Waals surface area contributed by atoms with Crippen molar-refractivity contribution in [2.75, 3.05) is 6.61 Å². The van der Waals surface area contributed by atoms with Crippen LogP contribution in [0.2, 0.25) is 5.02 Å². The summed E-state index contributed by atoms with van der Waals surface area (Å²) in [6.07, 6.45) is 1.71. The van der Waals surface area contributed by atoms with E-state index in [0.29, 0.717) is 38.5 Å². The molecule has 0 saturated carbocycles. The van der Waals surface area contributed by atoms with E-state index < -0.39 is 0 Å². The molecule has 0 aliphatic carbocycles. The summed E-state index contributed by atoms with van der Waals surface area (Å²) >= 11 is 7.21. The van der Waals surface area contributed by atoms with Gasteiger partial charge in [0.25, 0.3) is 5.56 Å². The summed E-state index contributed by atoms with van der Waals surface area (Å²) in [6, 6.07) is 18.5. The number of nitrogens with zero attached hydrogens (tertiary/aromatic N) is 3. The van der Waals surface area contributed by atoms with Crippen molar-refractivity contribution in [3.63, 3.8) is 0 Å². The van der Waals surface area contributed by atoms with Gasteiger partial charge in [-0.3, -0.25) is 4.79 Å². The first-order valence-corrected chi connectivity index (χ1v) is 10.8. The second-order valence-corrected chi connectivity index (χ2v) is 8.16. The summed E-state index contributed by atoms with van der Waals surface area (Å²) in [5.74, 6) is 2.57. The molecule has 31 heavy (non-hydrogen) atoms. The molecule has 6 nitrogen and oxygen atoms in total. The molecule has 0 N–H and O–H groups in total. The van der Waals surface area contributed by atoms with Gasteiger partial charge in [-0.2, -0.15) is 9.50 Å². The van der Waals surface area contributed by atoms with E-state index in [1.807, 2.05) is 55.5 Å². The summed E-state index contributed by atoms with van der Waals surface area (Å²) in [7, 11) is 0. The Morgan fingerprint density at radius 3 is 2.52 bits per heavy atom. The van der Waals surface area contributed by atoms with Crippen molar-refractivity contribution in [2.45, 2.75) is 6.92 Å². The molecule has 0 aliphatic heterocycles. The van der Waals surface area contributed by atoms with Gasteiger partial charge in [0.05, 0.1) is 6.61 Å². The number of fused-ring (bicyclic) bond motifs is 1. The van der Waals surface area contributed by atoms with Crippen LogP contribution in [-0.4, -0.2) is 21.2 Å². The first-order valence-electron chi connectivity index (χ1n) is 9.61. The van der Waals surface area contributed by atoms with Crippen molar-refractivity contribution in [1.82, 2.24) is 14.6 Å². The van der Waals surface area contributed by atoms with E-state index in [-0.39, 0.29) is 5.56 Å². The highest BCUT2D eigenvalue weighted by Crippen LogP contribution is 2.24. The maximum Gasteiger partial charge on any atom is 0.291 e. The normalized spacial score (nSPS) is 12.0. The third-order valence-electron chi connectivity index (χ3n) is 4.63. The van der Waals surface area contributed by atoms with Crippen molar-refractivity contribution in [2.24, 2.45) is 0 Å². The summed E-state index contributed by atoms with van der Waals surface area (Å²) < 4.78 is 13.2. The van der Waals surface area contributed by atoms with E-state index in [4.69, 9.17) is 20.8 Å². The first-order chi connectivity index (χ1) is 15.1. The minimum absolute atomic E-state index is 0.228. The lowest BCUT2D eigenvalue weighted by atomic mass is 10.2. The number of rotatable bonds is 5. The Bertz CT molecular complexity index is 1470. The number of aromatic nitrogens is 3. The molecule has 0 saturated heterocycles. The van der Waals surface area contributed by atoms with Crippen LogP contribution in [0.5, 0.6) is 5.75 Å². The molecule has 5 rings (SSSR count). The monoisotopic (exact) mass is 449 g/mol. The molecule has 0 bridgehead atoms. The van der Waals surface area contributed by atoms with Crippen molar-refractivity contribution in [3.8, 4) is 28.5 Å². The third-order valence-corrected chi connectivity index (χ3v) is 5.85. The predicted molar refractivity (Wildman–Crippen MR) is 122 cm³/mol. The van der Waals surface area contributed by atoms with Gasteiger partial charge in [0.2, 0.25) is 4.96 Å². The Hall–Kier alpha value is -3.42. The van der Waals surface area contributed by atoms with Crippen molar-refractivity contribution >= 4 is 34.0 Å². The molecule has 154 valence electrons. The SMILES string of the molecule is CCOc1ccc(-c2nc3s/c(=C\c4ccc(-c5ccc(Cl)cc5)o4)c(=O)n3n2)cc1. The van der Waals surface area contributed by atoms with Crippen molar-refractivity contribution in [1.29, 1.82) is 0 Å². The van der Waals surface area contributed by atoms with E-state index in [1.165, 1.54) is 15.9 Å². The lowest BCUT2D eigenvalue weighted by molar-refractivity contribution is 0.340. The third kappa shape index (κ3) is 3.85. The van der Waals surface area contributed by atoms with E-state index in [2.05, 4.69) is 10.1 Å². The fraction of sp³-hybridized carbons (Fsp3) is 0.0870. The zero-order chi connectivity index (χ0) is 21.4. The number of benzene rings is 2. The van der Waals surface area contributed by atoms with Crippen LogP contribution in [0, 0.1) is 0 Å². The number of ether oxygens (including phenoxy) is 1. The molecule has 0 unspecified atom stereocenters. The van der Waals surface area contributed by atoms with Crippen LogP contribution < -0.4 is 14.8 Å². The highest BCUT2D eigenvalue weighted by molar-refractivity contribution is 7.15. The molecule has 3 heterocycles. The number of furan rings is 1.